The van der Waals surface area contributed by atoms with E-state index in [1.165, 1.54) is 19.3 Å². The first-order valence-corrected chi connectivity index (χ1v) is 6.92. The van der Waals surface area contributed by atoms with E-state index in [1.54, 1.807) is 0 Å². The molecular formula is C12H19O2P. The van der Waals surface area contributed by atoms with Gasteiger partial charge in [-0.2, -0.15) is 0 Å². The van der Waals surface area contributed by atoms with Gasteiger partial charge in [0.1, 0.15) is 5.75 Å². The molecule has 0 amide bonds. The Balaban J connectivity index is 2.16. The molecule has 3 heteroatoms. The zero-order valence-electron chi connectivity index (χ0n) is 9.22. The van der Waals surface area contributed by atoms with E-state index in [2.05, 4.69) is 6.92 Å². The lowest BCUT2D eigenvalue weighted by Gasteiger charge is -2.11. The van der Waals surface area contributed by atoms with Crippen LogP contribution in [0.15, 0.2) is 30.3 Å². The maximum absolute atomic E-state index is 9.64. The quantitative estimate of drug-likeness (QED) is 0.563. The molecule has 1 rings (SSSR count). The summed E-state index contributed by atoms with van der Waals surface area (Å²) in [7, 11) is -1.27. The van der Waals surface area contributed by atoms with Crippen LogP contribution in [0.2, 0.25) is 0 Å². The molecule has 0 bridgehead atoms. The zero-order chi connectivity index (χ0) is 10.9. The fourth-order valence-corrected chi connectivity index (χ4v) is 2.27. The molecule has 0 saturated carbocycles. The Hall–Kier alpha value is -0.590. The largest absolute Gasteiger partial charge is 0.447 e. The first kappa shape index (κ1) is 12.5. The molecule has 0 saturated heterocycles. The molecule has 1 N–H and O–H groups in total. The van der Waals surface area contributed by atoms with Gasteiger partial charge in [-0.15, -0.1) is 0 Å². The van der Waals surface area contributed by atoms with Crippen LogP contribution in [0.4, 0.5) is 0 Å². The van der Waals surface area contributed by atoms with Gasteiger partial charge in [0.05, 0.1) is 0 Å². The molecule has 0 radical (unpaired) electrons. The fraction of sp³-hybridized carbons (Fsp3) is 0.500. The number of hydrogen-bond donors (Lipinski definition) is 1. The standard InChI is InChI=1S/C12H19O2P/c1-2-3-4-8-11-15(13)14-12-9-6-5-7-10-12/h5-7,9-10,13H,2-4,8,11H2,1H3. The van der Waals surface area contributed by atoms with Crippen molar-refractivity contribution in [3.63, 3.8) is 0 Å². The second-order valence-corrected chi connectivity index (χ2v) is 4.87. The van der Waals surface area contributed by atoms with Crippen LogP contribution in [0.5, 0.6) is 5.75 Å². The van der Waals surface area contributed by atoms with Gasteiger partial charge < -0.3 is 9.42 Å². The monoisotopic (exact) mass is 226 g/mol. The van der Waals surface area contributed by atoms with Crippen LogP contribution in [0, 0.1) is 0 Å². The Morgan fingerprint density at radius 3 is 2.53 bits per heavy atom. The van der Waals surface area contributed by atoms with Gasteiger partial charge in [-0.05, 0) is 18.6 Å². The summed E-state index contributed by atoms with van der Waals surface area (Å²) in [4.78, 5) is 9.64. The van der Waals surface area contributed by atoms with Crippen molar-refractivity contribution < 1.29 is 9.42 Å². The molecule has 0 aliphatic carbocycles. The van der Waals surface area contributed by atoms with Gasteiger partial charge in [-0.1, -0.05) is 44.4 Å². The third-order valence-corrected chi connectivity index (χ3v) is 3.28. The predicted octanol–water partition coefficient (Wildman–Crippen LogP) is 3.95. The van der Waals surface area contributed by atoms with Crippen LogP contribution < -0.4 is 4.52 Å². The van der Waals surface area contributed by atoms with Crippen LogP contribution in [0.3, 0.4) is 0 Å². The van der Waals surface area contributed by atoms with Crippen molar-refractivity contribution in [2.24, 2.45) is 0 Å². The fourth-order valence-electron chi connectivity index (χ4n) is 1.32. The van der Waals surface area contributed by atoms with Crippen molar-refractivity contribution in [3.05, 3.63) is 30.3 Å². The number of benzene rings is 1. The average Bonchev–Trinajstić information content (AvgIpc) is 2.26. The van der Waals surface area contributed by atoms with Crippen LogP contribution in [0.1, 0.15) is 32.6 Å². The third kappa shape index (κ3) is 5.76. The van der Waals surface area contributed by atoms with E-state index in [-0.39, 0.29) is 0 Å². The number of para-hydroxylation sites is 1. The second-order valence-electron chi connectivity index (χ2n) is 3.54. The smallest absolute Gasteiger partial charge is 0.227 e. The Morgan fingerprint density at radius 1 is 1.13 bits per heavy atom. The summed E-state index contributed by atoms with van der Waals surface area (Å²) in [6.45, 7) is 2.18. The Morgan fingerprint density at radius 2 is 1.87 bits per heavy atom. The minimum atomic E-state index is -1.27. The molecule has 1 aromatic carbocycles. The first-order chi connectivity index (χ1) is 7.33. The number of hydrogen-bond acceptors (Lipinski definition) is 2. The molecule has 2 nitrogen and oxygen atoms in total. The van der Waals surface area contributed by atoms with Crippen molar-refractivity contribution in [1.29, 1.82) is 0 Å². The van der Waals surface area contributed by atoms with Gasteiger partial charge in [-0.3, -0.25) is 0 Å². The molecule has 0 spiro atoms. The summed E-state index contributed by atoms with van der Waals surface area (Å²) >= 11 is 0. The lowest BCUT2D eigenvalue weighted by Crippen LogP contribution is -1.92. The molecule has 84 valence electrons. The minimum absolute atomic E-state index is 0.765. The highest BCUT2D eigenvalue weighted by Gasteiger charge is 2.05. The third-order valence-electron chi connectivity index (χ3n) is 2.16. The maximum Gasteiger partial charge on any atom is 0.227 e. The Bertz CT molecular complexity index is 251. The lowest BCUT2D eigenvalue weighted by molar-refractivity contribution is 0.482. The number of unbranched alkanes of at least 4 members (excludes halogenated alkanes) is 3. The molecule has 1 aromatic rings. The highest BCUT2D eigenvalue weighted by atomic mass is 31.2. The normalized spacial score (nSPS) is 12.4. The Labute approximate surface area is 93.2 Å². The molecule has 0 aliphatic heterocycles. The summed E-state index contributed by atoms with van der Waals surface area (Å²) in [6.07, 6.45) is 5.50. The second kappa shape index (κ2) is 7.67. The van der Waals surface area contributed by atoms with E-state index in [0.717, 1.165) is 18.3 Å². The van der Waals surface area contributed by atoms with E-state index in [9.17, 15) is 4.89 Å². The molecule has 0 fully saturated rings. The summed E-state index contributed by atoms with van der Waals surface area (Å²) in [5.41, 5.74) is 0. The highest BCUT2D eigenvalue weighted by Crippen LogP contribution is 2.34. The molecule has 1 atom stereocenters. The summed E-state index contributed by atoms with van der Waals surface area (Å²) < 4.78 is 5.41. The topological polar surface area (TPSA) is 29.5 Å². The van der Waals surface area contributed by atoms with E-state index in [4.69, 9.17) is 4.52 Å². The molecule has 1 unspecified atom stereocenters. The SMILES string of the molecule is CCCCCCP(O)Oc1ccccc1. The molecular weight excluding hydrogens is 207 g/mol. The molecule has 0 heterocycles. The molecule has 0 aliphatic rings. The van der Waals surface area contributed by atoms with Crippen LogP contribution >= 0.6 is 8.38 Å². The van der Waals surface area contributed by atoms with E-state index < -0.39 is 8.38 Å². The zero-order valence-corrected chi connectivity index (χ0v) is 10.1. The van der Waals surface area contributed by atoms with Crippen LogP contribution in [-0.4, -0.2) is 11.1 Å². The predicted molar refractivity (Wildman–Crippen MR) is 65.2 cm³/mol. The molecule has 15 heavy (non-hydrogen) atoms. The van der Waals surface area contributed by atoms with E-state index >= 15 is 0 Å². The van der Waals surface area contributed by atoms with Crippen molar-refractivity contribution in [3.8, 4) is 5.75 Å². The van der Waals surface area contributed by atoms with Crippen molar-refractivity contribution >= 4 is 8.38 Å². The first-order valence-electron chi connectivity index (χ1n) is 5.52. The summed E-state index contributed by atoms with van der Waals surface area (Å²) in [5.74, 6) is 0.765. The Kier molecular flexibility index (Phi) is 6.38. The minimum Gasteiger partial charge on any atom is -0.447 e. The summed E-state index contributed by atoms with van der Waals surface area (Å²) in [6, 6.07) is 9.51. The van der Waals surface area contributed by atoms with Gasteiger partial charge >= 0.3 is 0 Å². The van der Waals surface area contributed by atoms with Crippen LogP contribution in [0.25, 0.3) is 0 Å². The van der Waals surface area contributed by atoms with Crippen molar-refractivity contribution in [1.82, 2.24) is 0 Å². The van der Waals surface area contributed by atoms with E-state index in [0.29, 0.717) is 0 Å². The summed E-state index contributed by atoms with van der Waals surface area (Å²) in [5, 5.41) is 0. The maximum atomic E-state index is 9.64. The van der Waals surface area contributed by atoms with Gasteiger partial charge in [-0.25, -0.2) is 0 Å². The van der Waals surface area contributed by atoms with Crippen molar-refractivity contribution in [2.45, 2.75) is 32.6 Å². The lowest BCUT2D eigenvalue weighted by atomic mass is 10.2. The van der Waals surface area contributed by atoms with Gasteiger partial charge in [0.25, 0.3) is 0 Å². The number of rotatable bonds is 7. The van der Waals surface area contributed by atoms with Crippen LogP contribution in [-0.2, 0) is 0 Å². The van der Waals surface area contributed by atoms with Gasteiger partial charge in [0.15, 0.2) is 0 Å². The average molecular weight is 226 g/mol. The highest BCUT2D eigenvalue weighted by molar-refractivity contribution is 7.46. The van der Waals surface area contributed by atoms with E-state index in [1.807, 2.05) is 30.3 Å². The molecule has 0 aromatic heterocycles. The van der Waals surface area contributed by atoms with Gasteiger partial charge in [0.2, 0.25) is 8.38 Å². The van der Waals surface area contributed by atoms with Gasteiger partial charge in [0, 0.05) is 6.16 Å². The van der Waals surface area contributed by atoms with Crippen molar-refractivity contribution in [2.75, 3.05) is 6.16 Å².